The molecule has 3 rings (SSSR count). The van der Waals surface area contributed by atoms with Gasteiger partial charge in [-0.05, 0) is 54.0 Å². The minimum absolute atomic E-state index is 0.666. The normalized spacial score (nSPS) is 10.8. The molecule has 0 saturated carbocycles. The molecular weight excluding hydrogens is 304 g/mol. The van der Waals surface area contributed by atoms with Crippen LogP contribution in [0.2, 0.25) is 0 Å². The fourth-order valence-corrected chi connectivity index (χ4v) is 3.18. The molecule has 2 aromatic carbocycles. The quantitative estimate of drug-likeness (QED) is 0.625. The van der Waals surface area contributed by atoms with Crippen molar-refractivity contribution in [1.29, 1.82) is 0 Å². The molecular formula is C23H26N2. The van der Waals surface area contributed by atoms with Gasteiger partial charge >= 0.3 is 0 Å². The Balaban J connectivity index is 1.85. The fraction of sp³-hybridized carbons (Fsp3) is 0.261. The first-order valence-corrected chi connectivity index (χ1v) is 9.14. The lowest BCUT2D eigenvalue weighted by Gasteiger charge is -2.12. The predicted molar refractivity (Wildman–Crippen MR) is 107 cm³/mol. The topological polar surface area (TPSA) is 38.9 Å². The molecule has 128 valence electrons. The second-order valence-corrected chi connectivity index (χ2v) is 6.51. The van der Waals surface area contributed by atoms with Crippen LogP contribution in [0.1, 0.15) is 36.5 Å². The van der Waals surface area contributed by atoms with E-state index in [2.05, 4.69) is 72.6 Å². The first kappa shape index (κ1) is 17.2. The van der Waals surface area contributed by atoms with Gasteiger partial charge in [-0.3, -0.25) is 0 Å². The van der Waals surface area contributed by atoms with E-state index < -0.39 is 0 Å². The number of nitrogen functional groups attached to an aromatic ring is 1. The number of anilines is 1. The van der Waals surface area contributed by atoms with Crippen LogP contribution in [0.4, 0.5) is 5.82 Å². The summed E-state index contributed by atoms with van der Waals surface area (Å²) in [7, 11) is 0. The van der Waals surface area contributed by atoms with Gasteiger partial charge in [0.05, 0.1) is 0 Å². The van der Waals surface area contributed by atoms with Gasteiger partial charge < -0.3 is 5.73 Å². The van der Waals surface area contributed by atoms with Gasteiger partial charge in [0.25, 0.3) is 0 Å². The number of hydrogen-bond donors (Lipinski definition) is 1. The Hall–Kier alpha value is -2.61. The second-order valence-electron chi connectivity index (χ2n) is 6.51. The molecule has 0 aliphatic heterocycles. The number of benzene rings is 2. The van der Waals surface area contributed by atoms with Crippen LogP contribution in [0.15, 0.2) is 66.9 Å². The molecule has 0 fully saturated rings. The third-order valence-electron chi connectivity index (χ3n) is 4.66. The number of pyridine rings is 1. The van der Waals surface area contributed by atoms with Crippen molar-refractivity contribution in [1.82, 2.24) is 4.98 Å². The van der Waals surface area contributed by atoms with Crippen molar-refractivity contribution in [3.8, 4) is 11.1 Å². The maximum Gasteiger partial charge on any atom is 0.126 e. The van der Waals surface area contributed by atoms with Crippen molar-refractivity contribution in [2.24, 2.45) is 0 Å². The van der Waals surface area contributed by atoms with Gasteiger partial charge in [-0.2, -0.15) is 0 Å². The first-order valence-electron chi connectivity index (χ1n) is 9.14. The number of aryl methyl sites for hydroxylation is 3. The van der Waals surface area contributed by atoms with E-state index in [1.54, 1.807) is 0 Å². The molecule has 0 bridgehead atoms. The fourth-order valence-electron chi connectivity index (χ4n) is 3.18. The molecule has 0 radical (unpaired) electrons. The lowest BCUT2D eigenvalue weighted by Crippen LogP contribution is -2.00. The molecule has 0 aliphatic rings. The molecule has 2 heteroatoms. The average molecular weight is 330 g/mol. The Morgan fingerprint density at radius 2 is 1.60 bits per heavy atom. The van der Waals surface area contributed by atoms with Crippen LogP contribution >= 0.6 is 0 Å². The maximum absolute atomic E-state index is 6.07. The number of hydrogen-bond acceptors (Lipinski definition) is 2. The predicted octanol–water partition coefficient (Wildman–Crippen LogP) is 5.46. The van der Waals surface area contributed by atoms with Gasteiger partial charge in [-0.15, -0.1) is 0 Å². The largest absolute Gasteiger partial charge is 0.383 e. The standard InChI is InChI=1S/C23H26N2/c1-2-3-11-20-16-21(17-25-23(20)24)22-13-8-7-12-19(22)15-14-18-9-5-4-6-10-18/h4-10,12-13,16-17H,2-3,11,14-15H2,1H3,(H2,24,25). The summed E-state index contributed by atoms with van der Waals surface area (Å²) in [5.74, 6) is 0.666. The number of nitrogens with zero attached hydrogens (tertiary/aromatic N) is 1. The number of unbranched alkanes of at least 4 members (excludes halogenated alkanes) is 1. The van der Waals surface area contributed by atoms with E-state index in [1.807, 2.05) is 6.20 Å². The Morgan fingerprint density at radius 3 is 2.40 bits per heavy atom. The highest BCUT2D eigenvalue weighted by atomic mass is 14.8. The molecule has 0 amide bonds. The second kappa shape index (κ2) is 8.48. The van der Waals surface area contributed by atoms with E-state index >= 15 is 0 Å². The summed E-state index contributed by atoms with van der Waals surface area (Å²) in [6, 6.07) is 21.5. The molecule has 0 aliphatic carbocycles. The summed E-state index contributed by atoms with van der Waals surface area (Å²) >= 11 is 0. The molecule has 0 spiro atoms. The van der Waals surface area contributed by atoms with E-state index in [4.69, 9.17) is 5.73 Å². The molecule has 25 heavy (non-hydrogen) atoms. The third kappa shape index (κ3) is 4.48. The molecule has 2 N–H and O–H groups in total. The van der Waals surface area contributed by atoms with Crippen LogP contribution in [0.5, 0.6) is 0 Å². The van der Waals surface area contributed by atoms with E-state index in [1.165, 1.54) is 22.3 Å². The van der Waals surface area contributed by atoms with Gasteiger partial charge in [0.2, 0.25) is 0 Å². The summed E-state index contributed by atoms with van der Waals surface area (Å²) in [5, 5.41) is 0. The van der Waals surface area contributed by atoms with E-state index in [0.717, 1.165) is 37.7 Å². The van der Waals surface area contributed by atoms with Crippen LogP contribution in [0.3, 0.4) is 0 Å². The highest BCUT2D eigenvalue weighted by Crippen LogP contribution is 2.27. The molecule has 1 heterocycles. The SMILES string of the molecule is CCCCc1cc(-c2ccccc2CCc2ccccc2)cnc1N. The Morgan fingerprint density at radius 1 is 0.840 bits per heavy atom. The van der Waals surface area contributed by atoms with Crippen LogP contribution in [-0.4, -0.2) is 4.98 Å². The number of aromatic nitrogens is 1. The van der Waals surface area contributed by atoms with Crippen LogP contribution in [0, 0.1) is 0 Å². The molecule has 3 aromatic rings. The smallest absolute Gasteiger partial charge is 0.126 e. The molecule has 0 saturated heterocycles. The van der Waals surface area contributed by atoms with Crippen molar-refractivity contribution >= 4 is 5.82 Å². The summed E-state index contributed by atoms with van der Waals surface area (Å²) in [6.45, 7) is 2.20. The lowest BCUT2D eigenvalue weighted by atomic mass is 9.94. The van der Waals surface area contributed by atoms with Crippen molar-refractivity contribution in [2.75, 3.05) is 5.73 Å². The Kier molecular flexibility index (Phi) is 5.84. The zero-order valence-electron chi connectivity index (χ0n) is 14.9. The van der Waals surface area contributed by atoms with Gasteiger partial charge in [-0.25, -0.2) is 4.98 Å². The monoisotopic (exact) mass is 330 g/mol. The van der Waals surface area contributed by atoms with Crippen LogP contribution in [0.25, 0.3) is 11.1 Å². The zero-order chi connectivity index (χ0) is 17.5. The Bertz CT molecular complexity index is 809. The lowest BCUT2D eigenvalue weighted by molar-refractivity contribution is 0.794. The summed E-state index contributed by atoms with van der Waals surface area (Å²) < 4.78 is 0. The van der Waals surface area contributed by atoms with Crippen LogP contribution in [-0.2, 0) is 19.3 Å². The third-order valence-corrected chi connectivity index (χ3v) is 4.66. The minimum atomic E-state index is 0.666. The minimum Gasteiger partial charge on any atom is -0.383 e. The van der Waals surface area contributed by atoms with Crippen molar-refractivity contribution in [2.45, 2.75) is 39.0 Å². The maximum atomic E-state index is 6.07. The molecule has 1 aromatic heterocycles. The van der Waals surface area contributed by atoms with Gasteiger partial charge in [0.1, 0.15) is 5.82 Å². The highest BCUT2D eigenvalue weighted by molar-refractivity contribution is 5.68. The Labute approximate surface area is 150 Å². The van der Waals surface area contributed by atoms with Gasteiger partial charge in [0.15, 0.2) is 0 Å². The number of rotatable bonds is 7. The van der Waals surface area contributed by atoms with Gasteiger partial charge in [-0.1, -0.05) is 67.9 Å². The van der Waals surface area contributed by atoms with Crippen molar-refractivity contribution in [3.63, 3.8) is 0 Å². The number of nitrogens with two attached hydrogens (primary N) is 1. The van der Waals surface area contributed by atoms with E-state index in [9.17, 15) is 0 Å². The van der Waals surface area contributed by atoms with Crippen LogP contribution < -0.4 is 5.73 Å². The first-order chi connectivity index (χ1) is 12.3. The van der Waals surface area contributed by atoms with Crippen molar-refractivity contribution < 1.29 is 0 Å². The summed E-state index contributed by atoms with van der Waals surface area (Å²) in [6.07, 6.45) is 7.28. The zero-order valence-corrected chi connectivity index (χ0v) is 14.9. The average Bonchev–Trinajstić information content (AvgIpc) is 2.67. The van der Waals surface area contributed by atoms with E-state index in [0.29, 0.717) is 5.82 Å². The molecule has 0 unspecified atom stereocenters. The summed E-state index contributed by atoms with van der Waals surface area (Å²) in [5.41, 5.74) is 12.4. The molecule has 2 nitrogen and oxygen atoms in total. The van der Waals surface area contributed by atoms with Gasteiger partial charge in [0, 0.05) is 11.8 Å². The van der Waals surface area contributed by atoms with E-state index in [-0.39, 0.29) is 0 Å². The van der Waals surface area contributed by atoms with Crippen molar-refractivity contribution in [3.05, 3.63) is 83.6 Å². The molecule has 0 atom stereocenters. The summed E-state index contributed by atoms with van der Waals surface area (Å²) in [4.78, 5) is 4.45. The highest BCUT2D eigenvalue weighted by Gasteiger charge is 2.08.